The molecular weight excluding hydrogens is 212 g/mol. The summed E-state index contributed by atoms with van der Waals surface area (Å²) in [5.41, 5.74) is -0.516. The van der Waals surface area contributed by atoms with E-state index in [1.807, 2.05) is 13.8 Å². The van der Waals surface area contributed by atoms with E-state index < -0.39 is 23.9 Å². The molecule has 1 aliphatic rings. The second-order valence-electron chi connectivity index (χ2n) is 4.56. The van der Waals surface area contributed by atoms with Crippen molar-refractivity contribution in [3.8, 4) is 0 Å². The molecule has 16 heavy (non-hydrogen) atoms. The maximum Gasteiger partial charge on any atom is 0.115 e. The molecule has 4 atom stereocenters. The number of hydrogen-bond acceptors (Lipinski definition) is 5. The first-order chi connectivity index (χ1) is 7.47. The van der Waals surface area contributed by atoms with Crippen LogP contribution in [-0.2, 0) is 18.9 Å². The quantitative estimate of drug-likeness (QED) is 0.753. The molecule has 1 saturated heterocycles. The summed E-state index contributed by atoms with van der Waals surface area (Å²) >= 11 is 0. The summed E-state index contributed by atoms with van der Waals surface area (Å²) in [6, 6.07) is 0. The van der Waals surface area contributed by atoms with Gasteiger partial charge in [-0.1, -0.05) is 0 Å². The van der Waals surface area contributed by atoms with Crippen molar-refractivity contribution in [3.05, 3.63) is 0 Å². The molecule has 0 amide bonds. The van der Waals surface area contributed by atoms with Gasteiger partial charge in [0.25, 0.3) is 0 Å². The average Bonchev–Trinajstić information content (AvgIpc) is 2.22. The average molecular weight is 234 g/mol. The van der Waals surface area contributed by atoms with Crippen LogP contribution in [0, 0.1) is 0 Å². The first-order valence-corrected chi connectivity index (χ1v) is 5.38. The number of aliphatic hydroxyl groups is 1. The van der Waals surface area contributed by atoms with Crippen LogP contribution in [0.3, 0.4) is 0 Å². The van der Waals surface area contributed by atoms with Crippen molar-refractivity contribution in [2.75, 3.05) is 27.9 Å². The van der Waals surface area contributed by atoms with Gasteiger partial charge >= 0.3 is 0 Å². The minimum atomic E-state index is -0.747. The van der Waals surface area contributed by atoms with E-state index in [0.717, 1.165) is 0 Å². The maximum absolute atomic E-state index is 10.1. The third-order valence-electron chi connectivity index (χ3n) is 3.01. The maximum atomic E-state index is 10.1. The largest absolute Gasteiger partial charge is 0.387 e. The monoisotopic (exact) mass is 234 g/mol. The summed E-state index contributed by atoms with van der Waals surface area (Å²) in [4.78, 5) is 0. The minimum absolute atomic E-state index is 0.305. The molecule has 0 aliphatic carbocycles. The molecule has 1 aliphatic heterocycles. The molecule has 0 bridgehead atoms. The Morgan fingerprint density at radius 3 is 2.25 bits per heavy atom. The Morgan fingerprint density at radius 2 is 1.81 bits per heavy atom. The van der Waals surface area contributed by atoms with Gasteiger partial charge in [-0.15, -0.1) is 0 Å². The molecule has 0 aromatic rings. The van der Waals surface area contributed by atoms with Crippen molar-refractivity contribution < 1.29 is 24.1 Å². The van der Waals surface area contributed by atoms with Crippen LogP contribution in [0.2, 0.25) is 0 Å². The molecule has 0 spiro atoms. The Labute approximate surface area is 96.6 Å². The Balaban J connectivity index is 2.86. The van der Waals surface area contributed by atoms with E-state index in [0.29, 0.717) is 6.61 Å². The van der Waals surface area contributed by atoms with E-state index in [2.05, 4.69) is 0 Å². The lowest BCUT2D eigenvalue weighted by molar-refractivity contribution is -0.274. The number of rotatable bonds is 4. The van der Waals surface area contributed by atoms with Crippen LogP contribution in [0.1, 0.15) is 13.8 Å². The highest BCUT2D eigenvalue weighted by Crippen LogP contribution is 2.32. The molecule has 5 heteroatoms. The van der Waals surface area contributed by atoms with Crippen molar-refractivity contribution in [2.45, 2.75) is 43.9 Å². The Hall–Kier alpha value is -0.200. The number of methoxy groups -OCH3 is 3. The van der Waals surface area contributed by atoms with Gasteiger partial charge in [0.1, 0.15) is 24.4 Å². The van der Waals surface area contributed by atoms with E-state index in [-0.39, 0.29) is 6.10 Å². The molecule has 0 radical (unpaired) electrons. The van der Waals surface area contributed by atoms with Crippen LogP contribution in [-0.4, -0.2) is 63.1 Å². The van der Waals surface area contributed by atoms with Gasteiger partial charge in [-0.2, -0.15) is 0 Å². The summed E-state index contributed by atoms with van der Waals surface area (Å²) in [5, 5.41) is 10.1. The third kappa shape index (κ3) is 2.55. The van der Waals surface area contributed by atoms with E-state index in [9.17, 15) is 5.11 Å². The molecule has 96 valence electrons. The van der Waals surface area contributed by atoms with Crippen LogP contribution in [0.4, 0.5) is 0 Å². The van der Waals surface area contributed by atoms with E-state index in [4.69, 9.17) is 18.9 Å². The molecule has 0 aromatic heterocycles. The van der Waals surface area contributed by atoms with Crippen molar-refractivity contribution in [1.29, 1.82) is 0 Å². The predicted molar refractivity (Wildman–Crippen MR) is 58.4 cm³/mol. The van der Waals surface area contributed by atoms with E-state index in [1.54, 1.807) is 21.3 Å². The molecule has 2 unspecified atom stereocenters. The lowest BCUT2D eigenvalue weighted by Gasteiger charge is -2.48. The molecule has 5 nitrogen and oxygen atoms in total. The highest BCUT2D eigenvalue weighted by Gasteiger charge is 2.50. The molecule has 0 aromatic carbocycles. The highest BCUT2D eigenvalue weighted by atomic mass is 16.6. The number of aliphatic hydroxyl groups excluding tert-OH is 1. The Morgan fingerprint density at radius 1 is 1.19 bits per heavy atom. The van der Waals surface area contributed by atoms with Gasteiger partial charge in [0.05, 0.1) is 12.2 Å². The lowest BCUT2D eigenvalue weighted by atomic mass is 9.87. The van der Waals surface area contributed by atoms with Crippen LogP contribution < -0.4 is 0 Å². The molecule has 1 fully saturated rings. The predicted octanol–water partition coefficient (Wildman–Crippen LogP) is 0.201. The van der Waals surface area contributed by atoms with Gasteiger partial charge in [-0.05, 0) is 13.8 Å². The Bertz CT molecular complexity index is 218. The van der Waals surface area contributed by atoms with Gasteiger partial charge in [-0.3, -0.25) is 0 Å². The van der Waals surface area contributed by atoms with Crippen molar-refractivity contribution in [2.24, 2.45) is 0 Å². The van der Waals surface area contributed by atoms with E-state index in [1.165, 1.54) is 0 Å². The van der Waals surface area contributed by atoms with E-state index >= 15 is 0 Å². The van der Waals surface area contributed by atoms with Gasteiger partial charge in [0.15, 0.2) is 0 Å². The lowest BCUT2D eigenvalue weighted by Crippen LogP contribution is -2.64. The van der Waals surface area contributed by atoms with Crippen molar-refractivity contribution >= 4 is 0 Å². The van der Waals surface area contributed by atoms with Crippen molar-refractivity contribution in [3.63, 3.8) is 0 Å². The zero-order valence-electron chi connectivity index (χ0n) is 10.6. The second-order valence-corrected chi connectivity index (χ2v) is 4.56. The summed E-state index contributed by atoms with van der Waals surface area (Å²) in [7, 11) is 4.73. The fourth-order valence-electron chi connectivity index (χ4n) is 2.29. The van der Waals surface area contributed by atoms with Crippen LogP contribution in [0.5, 0.6) is 0 Å². The van der Waals surface area contributed by atoms with Crippen LogP contribution in [0.15, 0.2) is 0 Å². The van der Waals surface area contributed by atoms with Gasteiger partial charge in [-0.25, -0.2) is 0 Å². The highest BCUT2D eigenvalue weighted by molar-refractivity contribution is 4.98. The van der Waals surface area contributed by atoms with Gasteiger partial charge < -0.3 is 24.1 Å². The van der Waals surface area contributed by atoms with Crippen molar-refractivity contribution in [1.82, 2.24) is 0 Å². The second kappa shape index (κ2) is 5.42. The first-order valence-electron chi connectivity index (χ1n) is 5.38. The minimum Gasteiger partial charge on any atom is -0.387 e. The SMILES string of the molecule is COCC1OC(C)(C)C(OC)[C@@H](OC)[C@H]1O. The fourth-order valence-corrected chi connectivity index (χ4v) is 2.29. The third-order valence-corrected chi connectivity index (χ3v) is 3.01. The van der Waals surface area contributed by atoms with Crippen LogP contribution in [0.25, 0.3) is 0 Å². The van der Waals surface area contributed by atoms with Gasteiger partial charge in [0, 0.05) is 21.3 Å². The van der Waals surface area contributed by atoms with Gasteiger partial charge in [0.2, 0.25) is 0 Å². The molecule has 0 saturated carbocycles. The zero-order valence-corrected chi connectivity index (χ0v) is 10.6. The topological polar surface area (TPSA) is 57.2 Å². The number of hydrogen-bond donors (Lipinski definition) is 1. The summed E-state index contributed by atoms with van der Waals surface area (Å²) in [6.07, 6.45) is -1.85. The smallest absolute Gasteiger partial charge is 0.115 e. The summed E-state index contributed by atoms with van der Waals surface area (Å²) < 4.78 is 21.5. The fraction of sp³-hybridized carbons (Fsp3) is 1.00. The molecule has 1 N–H and O–H groups in total. The molecular formula is C11H22O5. The van der Waals surface area contributed by atoms with Crippen LogP contribution >= 0.6 is 0 Å². The number of ether oxygens (including phenoxy) is 4. The summed E-state index contributed by atoms with van der Waals surface area (Å²) in [6.45, 7) is 4.17. The first kappa shape index (κ1) is 13.9. The Kier molecular flexibility index (Phi) is 4.70. The normalized spacial score (nSPS) is 38.6. The zero-order chi connectivity index (χ0) is 12.3. The standard InChI is InChI=1S/C11H22O5/c1-11(2)10(15-5)9(14-4)8(12)7(16-11)6-13-3/h7-10,12H,6H2,1-5H3/t7?,8-,9-,10?/m0/s1. The summed E-state index contributed by atoms with van der Waals surface area (Å²) in [5.74, 6) is 0. The molecule has 1 heterocycles. The molecule has 1 rings (SSSR count).